The summed E-state index contributed by atoms with van der Waals surface area (Å²) in [7, 11) is 0. The quantitative estimate of drug-likeness (QED) is 0.548. The van der Waals surface area contributed by atoms with Crippen LogP contribution in [0.5, 0.6) is 0 Å². The molecule has 2 N–H and O–H groups in total. The van der Waals surface area contributed by atoms with E-state index < -0.39 is 17.3 Å². The van der Waals surface area contributed by atoms with Crippen molar-refractivity contribution >= 4 is 12.2 Å². The highest BCUT2D eigenvalue weighted by molar-refractivity contribution is 5.78. The molecule has 3 rings (SSSR count). The van der Waals surface area contributed by atoms with E-state index in [1.165, 1.54) is 31.3 Å². The highest BCUT2D eigenvalue weighted by atomic mass is 19.4. The summed E-state index contributed by atoms with van der Waals surface area (Å²) in [5, 5.41) is 11.1. The molecule has 1 aromatic carbocycles. The summed E-state index contributed by atoms with van der Waals surface area (Å²) >= 11 is 0. The van der Waals surface area contributed by atoms with Gasteiger partial charge < -0.3 is 4.42 Å². The first-order valence-corrected chi connectivity index (χ1v) is 7.33. The van der Waals surface area contributed by atoms with Crippen LogP contribution in [0.25, 0.3) is 11.3 Å². The molecule has 3 aromatic rings. The molecule has 0 radical (unpaired) electrons. The number of nitrogens with zero attached hydrogens (tertiary/aromatic N) is 3. The second-order valence-electron chi connectivity index (χ2n) is 5.24. The van der Waals surface area contributed by atoms with Crippen LogP contribution in [0, 0.1) is 6.92 Å². The Morgan fingerprint density at radius 1 is 1.23 bits per heavy atom. The number of aryl methyl sites for hydroxylation is 1. The number of H-pyrrole nitrogens is 1. The van der Waals surface area contributed by atoms with E-state index in [0.717, 1.165) is 12.1 Å². The summed E-state index contributed by atoms with van der Waals surface area (Å²) in [5.74, 6) is 0.606. The molecule has 0 aliphatic heterocycles. The van der Waals surface area contributed by atoms with Crippen LogP contribution in [-0.2, 0) is 6.18 Å². The predicted molar refractivity (Wildman–Crippen MR) is 87.8 cm³/mol. The van der Waals surface area contributed by atoms with Crippen molar-refractivity contribution in [1.29, 1.82) is 0 Å². The zero-order valence-corrected chi connectivity index (χ0v) is 13.3. The summed E-state index contributed by atoms with van der Waals surface area (Å²) in [6.45, 7) is 1.51. The van der Waals surface area contributed by atoms with E-state index in [-0.39, 0.29) is 17.4 Å². The van der Waals surface area contributed by atoms with Crippen molar-refractivity contribution in [1.82, 2.24) is 15.2 Å². The normalized spacial score (nSPS) is 11.8. The molecule has 0 aliphatic rings. The van der Waals surface area contributed by atoms with Gasteiger partial charge in [0.1, 0.15) is 17.2 Å². The Balaban J connectivity index is 1.73. The molecule has 134 valence electrons. The molecule has 7 nitrogen and oxygen atoms in total. The summed E-state index contributed by atoms with van der Waals surface area (Å²) in [5.41, 5.74) is 1.82. The zero-order valence-electron chi connectivity index (χ0n) is 13.3. The third kappa shape index (κ3) is 3.97. The molecule has 0 aliphatic carbocycles. The molecule has 0 bridgehead atoms. The first kappa shape index (κ1) is 17.4. The van der Waals surface area contributed by atoms with E-state index in [4.69, 9.17) is 4.42 Å². The van der Waals surface area contributed by atoms with Crippen molar-refractivity contribution in [2.24, 2.45) is 5.10 Å². The number of benzene rings is 1. The number of nitrogens with one attached hydrogen (secondary N) is 2. The van der Waals surface area contributed by atoms with E-state index in [1.54, 1.807) is 6.07 Å². The molecular weight excluding hydrogens is 351 g/mol. The minimum atomic E-state index is -4.43. The lowest BCUT2D eigenvalue weighted by molar-refractivity contribution is -0.137. The number of furan rings is 1. The maximum absolute atomic E-state index is 12.8. The molecule has 0 saturated heterocycles. The van der Waals surface area contributed by atoms with Gasteiger partial charge in [-0.3, -0.25) is 9.78 Å². The Labute approximate surface area is 144 Å². The van der Waals surface area contributed by atoms with Crippen LogP contribution in [0.3, 0.4) is 0 Å². The highest BCUT2D eigenvalue weighted by Gasteiger charge is 2.30. The number of aromatic amines is 1. The molecular formula is C16H12F3N5O2. The Hall–Kier alpha value is -3.43. The molecule has 2 aromatic heterocycles. The molecule has 0 fully saturated rings. The molecule has 0 amide bonds. The van der Waals surface area contributed by atoms with Gasteiger partial charge in [-0.1, -0.05) is 12.1 Å². The number of anilines is 1. The van der Waals surface area contributed by atoms with Gasteiger partial charge in [0.25, 0.3) is 5.56 Å². The fourth-order valence-corrected chi connectivity index (χ4v) is 2.03. The van der Waals surface area contributed by atoms with E-state index >= 15 is 0 Å². The third-order valence-electron chi connectivity index (χ3n) is 3.32. The minimum Gasteiger partial charge on any atom is -0.455 e. The molecule has 10 heteroatoms. The number of rotatable bonds is 4. The van der Waals surface area contributed by atoms with Gasteiger partial charge in [0.05, 0.1) is 11.8 Å². The minimum absolute atomic E-state index is 0.0431. The average Bonchev–Trinajstić information content (AvgIpc) is 3.06. The van der Waals surface area contributed by atoms with Gasteiger partial charge in [0.15, 0.2) is 0 Å². The number of hydrogen-bond acceptors (Lipinski definition) is 6. The number of alkyl halides is 3. The topological polar surface area (TPSA) is 96.2 Å². The Bertz CT molecular complexity index is 1010. The SMILES string of the molecule is Cc1nnc(N/N=C\c2ccc(-c3cccc(C(F)(F)F)c3)o2)[nH]c1=O. The standard InChI is InChI=1S/C16H12F3N5O2/c1-9-14(25)21-15(24-22-9)23-20-8-12-5-6-13(26-12)10-3-2-4-11(7-10)16(17,18)19/h2-8H,1H3,(H2,21,23,24,25)/b20-8-. The highest BCUT2D eigenvalue weighted by Crippen LogP contribution is 2.32. The summed E-state index contributed by atoms with van der Waals surface area (Å²) in [6, 6.07) is 7.89. The lowest BCUT2D eigenvalue weighted by Crippen LogP contribution is -2.15. The van der Waals surface area contributed by atoms with Gasteiger partial charge in [0, 0.05) is 5.56 Å². The van der Waals surface area contributed by atoms with E-state index in [0.29, 0.717) is 11.3 Å². The van der Waals surface area contributed by atoms with E-state index in [9.17, 15) is 18.0 Å². The van der Waals surface area contributed by atoms with Gasteiger partial charge in [-0.25, -0.2) is 5.43 Å². The smallest absolute Gasteiger partial charge is 0.416 e. The number of hydrazone groups is 1. The Morgan fingerprint density at radius 3 is 2.77 bits per heavy atom. The number of aromatic nitrogens is 3. The number of halogens is 3. The van der Waals surface area contributed by atoms with Crippen molar-refractivity contribution in [3.8, 4) is 11.3 Å². The Kier molecular flexibility index (Phi) is 4.57. The summed E-state index contributed by atoms with van der Waals surface area (Å²) in [4.78, 5) is 13.8. The van der Waals surface area contributed by atoms with Crippen LogP contribution < -0.4 is 11.0 Å². The maximum Gasteiger partial charge on any atom is 0.416 e. The van der Waals surface area contributed by atoms with Gasteiger partial charge in [-0.15, -0.1) is 10.2 Å². The second kappa shape index (κ2) is 6.82. The van der Waals surface area contributed by atoms with Crippen LogP contribution in [-0.4, -0.2) is 21.4 Å². The predicted octanol–water partition coefficient (Wildman–Crippen LogP) is 3.20. The first-order chi connectivity index (χ1) is 12.3. The van der Waals surface area contributed by atoms with Crippen LogP contribution >= 0.6 is 0 Å². The molecule has 0 unspecified atom stereocenters. The van der Waals surface area contributed by atoms with Crippen molar-refractivity contribution in [3.63, 3.8) is 0 Å². The molecule has 0 atom stereocenters. The molecule has 26 heavy (non-hydrogen) atoms. The van der Waals surface area contributed by atoms with Crippen molar-refractivity contribution in [2.75, 3.05) is 5.43 Å². The van der Waals surface area contributed by atoms with Crippen LogP contribution in [0.2, 0.25) is 0 Å². The fourth-order valence-electron chi connectivity index (χ4n) is 2.03. The van der Waals surface area contributed by atoms with Gasteiger partial charge in [-0.05, 0) is 31.2 Å². The Morgan fingerprint density at radius 2 is 2.04 bits per heavy atom. The molecule has 0 spiro atoms. The monoisotopic (exact) mass is 363 g/mol. The molecule has 2 heterocycles. The van der Waals surface area contributed by atoms with Crippen LogP contribution in [0.4, 0.5) is 19.1 Å². The maximum atomic E-state index is 12.8. The van der Waals surface area contributed by atoms with Crippen molar-refractivity contribution < 1.29 is 17.6 Å². The van der Waals surface area contributed by atoms with Gasteiger partial charge in [0.2, 0.25) is 5.95 Å². The largest absolute Gasteiger partial charge is 0.455 e. The van der Waals surface area contributed by atoms with Crippen molar-refractivity contribution in [2.45, 2.75) is 13.1 Å². The van der Waals surface area contributed by atoms with E-state index in [2.05, 4.69) is 25.7 Å². The summed E-state index contributed by atoms with van der Waals surface area (Å²) < 4.78 is 43.8. The van der Waals surface area contributed by atoms with Gasteiger partial charge >= 0.3 is 6.18 Å². The lowest BCUT2D eigenvalue weighted by Gasteiger charge is -2.07. The zero-order chi connectivity index (χ0) is 18.7. The van der Waals surface area contributed by atoms with E-state index in [1.807, 2.05) is 0 Å². The second-order valence-corrected chi connectivity index (χ2v) is 5.24. The fraction of sp³-hybridized carbons (Fsp3) is 0.125. The lowest BCUT2D eigenvalue weighted by atomic mass is 10.1. The first-order valence-electron chi connectivity index (χ1n) is 7.33. The van der Waals surface area contributed by atoms with Crippen LogP contribution in [0.15, 0.2) is 50.7 Å². The molecule has 0 saturated carbocycles. The average molecular weight is 363 g/mol. The van der Waals surface area contributed by atoms with Gasteiger partial charge in [-0.2, -0.15) is 18.3 Å². The van der Waals surface area contributed by atoms with Crippen molar-refractivity contribution in [3.05, 3.63) is 63.8 Å². The van der Waals surface area contributed by atoms with Crippen LogP contribution in [0.1, 0.15) is 17.0 Å². The number of hydrogen-bond donors (Lipinski definition) is 2. The summed E-state index contributed by atoms with van der Waals surface area (Å²) in [6.07, 6.45) is -3.14. The third-order valence-corrected chi connectivity index (χ3v) is 3.32.